The zero-order valence-corrected chi connectivity index (χ0v) is 7.87. The molecule has 0 spiro atoms. The highest BCUT2D eigenvalue weighted by atomic mass is 35.5. The highest BCUT2D eigenvalue weighted by Gasteiger charge is 2.29. The fourth-order valence-electron chi connectivity index (χ4n) is 1.16. The van der Waals surface area contributed by atoms with E-state index >= 15 is 0 Å². The number of hydrogen-bond donors (Lipinski definition) is 0. The van der Waals surface area contributed by atoms with Crippen molar-refractivity contribution in [2.45, 2.75) is 43.3 Å². The number of hydrogen-bond acceptors (Lipinski definition) is 1. The minimum absolute atomic E-state index is 0.0486. The normalized spacial score (nSPS) is 28.6. The van der Waals surface area contributed by atoms with Crippen LogP contribution < -0.4 is 0 Å². The van der Waals surface area contributed by atoms with Gasteiger partial charge in [-0.3, -0.25) is 0 Å². The fraction of sp³-hybridized carbons (Fsp3) is 1.00. The monoisotopic (exact) mass is 216 g/mol. The smallest absolute Gasteiger partial charge is 0.378 e. The minimum Gasteiger partial charge on any atom is -0.378 e. The topological polar surface area (TPSA) is 9.23 Å². The van der Waals surface area contributed by atoms with Crippen LogP contribution in [0.25, 0.3) is 0 Å². The van der Waals surface area contributed by atoms with Crippen molar-refractivity contribution in [1.82, 2.24) is 0 Å². The van der Waals surface area contributed by atoms with Gasteiger partial charge in [0.2, 0.25) is 0 Å². The molecule has 0 aliphatic heterocycles. The van der Waals surface area contributed by atoms with Gasteiger partial charge in [0, 0.05) is 18.4 Å². The van der Waals surface area contributed by atoms with Crippen molar-refractivity contribution in [1.29, 1.82) is 0 Å². The van der Waals surface area contributed by atoms with Crippen LogP contribution in [0.4, 0.5) is 13.2 Å². The summed E-state index contributed by atoms with van der Waals surface area (Å²) in [4.78, 5) is 0. The quantitative estimate of drug-likeness (QED) is 0.518. The molecule has 1 fully saturated rings. The van der Waals surface area contributed by atoms with E-state index in [9.17, 15) is 13.2 Å². The van der Waals surface area contributed by atoms with Crippen molar-refractivity contribution in [2.24, 2.45) is 0 Å². The Balaban J connectivity index is 1.90. The molecule has 0 aromatic heterocycles. The summed E-state index contributed by atoms with van der Waals surface area (Å²) in [6, 6.07) is 0. The summed E-state index contributed by atoms with van der Waals surface area (Å²) in [5.41, 5.74) is 0. The van der Waals surface area contributed by atoms with Gasteiger partial charge >= 0.3 is 6.18 Å². The molecule has 1 aliphatic carbocycles. The van der Waals surface area contributed by atoms with E-state index in [1.54, 1.807) is 0 Å². The van der Waals surface area contributed by atoms with Crippen molar-refractivity contribution in [3.8, 4) is 0 Å². The standard InChI is InChI=1S/C8H12ClF3O/c9-6-4-7(5-6)13-3-1-2-8(10,11)12/h6-7H,1-5H2. The van der Waals surface area contributed by atoms with Gasteiger partial charge in [0.25, 0.3) is 0 Å². The molecule has 0 radical (unpaired) electrons. The molecule has 1 rings (SSSR count). The molecule has 0 unspecified atom stereocenters. The van der Waals surface area contributed by atoms with Crippen molar-refractivity contribution >= 4 is 11.6 Å². The SMILES string of the molecule is FC(F)(F)CCCOC1CC(Cl)C1. The van der Waals surface area contributed by atoms with E-state index in [1.165, 1.54) is 0 Å². The number of halogens is 4. The Morgan fingerprint density at radius 2 is 1.92 bits per heavy atom. The van der Waals surface area contributed by atoms with E-state index in [0.717, 1.165) is 12.8 Å². The van der Waals surface area contributed by atoms with Gasteiger partial charge in [-0.15, -0.1) is 11.6 Å². The Morgan fingerprint density at radius 3 is 2.38 bits per heavy atom. The zero-order valence-electron chi connectivity index (χ0n) is 7.11. The molecule has 1 saturated carbocycles. The summed E-state index contributed by atoms with van der Waals surface area (Å²) in [5, 5.41) is 0.160. The lowest BCUT2D eigenvalue weighted by molar-refractivity contribution is -0.139. The van der Waals surface area contributed by atoms with Gasteiger partial charge in [-0.1, -0.05) is 0 Å². The van der Waals surface area contributed by atoms with Crippen LogP contribution in [0, 0.1) is 0 Å². The second-order valence-electron chi connectivity index (χ2n) is 3.28. The predicted molar refractivity (Wildman–Crippen MR) is 43.9 cm³/mol. The van der Waals surface area contributed by atoms with Crippen LogP contribution in [-0.4, -0.2) is 24.3 Å². The highest BCUT2D eigenvalue weighted by molar-refractivity contribution is 6.21. The molecule has 0 bridgehead atoms. The molecular weight excluding hydrogens is 205 g/mol. The molecule has 78 valence electrons. The molecular formula is C8H12ClF3O. The Morgan fingerprint density at radius 1 is 1.31 bits per heavy atom. The third kappa shape index (κ3) is 4.72. The van der Waals surface area contributed by atoms with Gasteiger partial charge in [0.1, 0.15) is 0 Å². The molecule has 1 nitrogen and oxygen atoms in total. The van der Waals surface area contributed by atoms with E-state index in [4.69, 9.17) is 16.3 Å². The highest BCUT2D eigenvalue weighted by Crippen LogP contribution is 2.28. The first kappa shape index (κ1) is 11.1. The van der Waals surface area contributed by atoms with Crippen molar-refractivity contribution in [2.75, 3.05) is 6.61 Å². The van der Waals surface area contributed by atoms with Crippen LogP contribution in [0.15, 0.2) is 0 Å². The van der Waals surface area contributed by atoms with Gasteiger partial charge in [0.15, 0.2) is 0 Å². The average molecular weight is 217 g/mol. The first-order chi connectivity index (χ1) is 5.97. The summed E-state index contributed by atoms with van der Waals surface area (Å²) in [7, 11) is 0. The van der Waals surface area contributed by atoms with Crippen LogP contribution in [-0.2, 0) is 4.74 Å². The van der Waals surface area contributed by atoms with Crippen LogP contribution in [0.5, 0.6) is 0 Å². The molecule has 0 aromatic carbocycles. The first-order valence-electron chi connectivity index (χ1n) is 4.30. The number of alkyl halides is 4. The van der Waals surface area contributed by atoms with E-state index in [0.29, 0.717) is 0 Å². The molecule has 0 N–H and O–H groups in total. The maximum Gasteiger partial charge on any atom is 0.389 e. The number of ether oxygens (including phenoxy) is 1. The molecule has 1 aliphatic rings. The van der Waals surface area contributed by atoms with Gasteiger partial charge < -0.3 is 4.74 Å². The van der Waals surface area contributed by atoms with E-state index in [1.807, 2.05) is 0 Å². The lowest BCUT2D eigenvalue weighted by atomic mass is 9.95. The molecule has 0 amide bonds. The first-order valence-corrected chi connectivity index (χ1v) is 4.73. The van der Waals surface area contributed by atoms with E-state index in [-0.39, 0.29) is 24.5 Å². The summed E-state index contributed by atoms with van der Waals surface area (Å²) in [6.45, 7) is 0.188. The molecule has 0 aromatic rings. The van der Waals surface area contributed by atoms with Gasteiger partial charge in [-0.25, -0.2) is 0 Å². The molecule has 13 heavy (non-hydrogen) atoms. The Kier molecular flexibility index (Phi) is 3.86. The second-order valence-corrected chi connectivity index (χ2v) is 3.90. The summed E-state index contributed by atoms with van der Waals surface area (Å²) in [5.74, 6) is 0. The maximum atomic E-state index is 11.7. The summed E-state index contributed by atoms with van der Waals surface area (Å²) in [6.07, 6.45) is -3.13. The second kappa shape index (κ2) is 4.51. The Hall–Kier alpha value is 0.0400. The maximum absolute atomic E-state index is 11.7. The average Bonchev–Trinajstić information content (AvgIpc) is 1.91. The third-order valence-corrected chi connectivity index (χ3v) is 2.35. The van der Waals surface area contributed by atoms with Gasteiger partial charge in [0.05, 0.1) is 6.10 Å². The summed E-state index contributed by atoms with van der Waals surface area (Å²) >= 11 is 5.67. The number of rotatable bonds is 4. The lowest BCUT2D eigenvalue weighted by Crippen LogP contribution is -2.32. The zero-order chi connectivity index (χ0) is 9.90. The van der Waals surface area contributed by atoms with Gasteiger partial charge in [-0.05, 0) is 19.3 Å². The van der Waals surface area contributed by atoms with Crippen LogP contribution in [0.1, 0.15) is 25.7 Å². The summed E-state index contributed by atoms with van der Waals surface area (Å²) < 4.78 is 40.1. The Labute approximate surface area is 80.2 Å². The van der Waals surface area contributed by atoms with Crippen molar-refractivity contribution in [3.63, 3.8) is 0 Å². The molecule has 0 heterocycles. The van der Waals surface area contributed by atoms with Crippen LogP contribution >= 0.6 is 11.6 Å². The van der Waals surface area contributed by atoms with Crippen LogP contribution in [0.2, 0.25) is 0 Å². The molecule has 0 atom stereocenters. The van der Waals surface area contributed by atoms with Crippen LogP contribution in [0.3, 0.4) is 0 Å². The van der Waals surface area contributed by atoms with Gasteiger partial charge in [-0.2, -0.15) is 13.2 Å². The van der Waals surface area contributed by atoms with Crippen molar-refractivity contribution < 1.29 is 17.9 Å². The predicted octanol–water partition coefficient (Wildman–Crippen LogP) is 3.12. The van der Waals surface area contributed by atoms with E-state index < -0.39 is 12.6 Å². The van der Waals surface area contributed by atoms with Crippen molar-refractivity contribution in [3.05, 3.63) is 0 Å². The minimum atomic E-state index is -4.06. The molecule has 0 saturated heterocycles. The lowest BCUT2D eigenvalue weighted by Gasteiger charge is -2.30. The fourth-order valence-corrected chi connectivity index (χ4v) is 1.56. The Bertz CT molecular complexity index is 154. The largest absolute Gasteiger partial charge is 0.389 e. The molecule has 5 heteroatoms. The third-order valence-electron chi connectivity index (χ3n) is 2.00. The van der Waals surface area contributed by atoms with E-state index in [2.05, 4.69) is 0 Å².